The van der Waals surface area contributed by atoms with E-state index < -0.39 is 22.2 Å². The minimum atomic E-state index is -0.675. The van der Waals surface area contributed by atoms with Crippen LogP contribution in [0, 0.1) is 56.2 Å². The van der Waals surface area contributed by atoms with Crippen LogP contribution in [-0.4, -0.2) is 34.7 Å². The highest BCUT2D eigenvalue weighted by Crippen LogP contribution is 2.74. The Balaban J connectivity index is 1.45. The lowest BCUT2D eigenvalue weighted by atomic mass is 9.34. The summed E-state index contributed by atoms with van der Waals surface area (Å²) in [7, 11) is 1.54. The fourth-order valence-corrected chi connectivity index (χ4v) is 10.6. The molecule has 6 rings (SSSR count). The van der Waals surface area contributed by atoms with Gasteiger partial charge in [0, 0.05) is 29.2 Å². The van der Waals surface area contributed by atoms with Crippen LogP contribution in [0.25, 0.3) is 0 Å². The second-order valence-electron chi connectivity index (χ2n) is 15.8. The topological polar surface area (TPSA) is 126 Å². The summed E-state index contributed by atoms with van der Waals surface area (Å²) < 4.78 is 5.91. The lowest BCUT2D eigenvalue weighted by Gasteiger charge is -2.69. The normalized spacial score (nSPS) is 43.9. The third kappa shape index (κ3) is 3.48. The highest BCUT2D eigenvalue weighted by Gasteiger charge is 2.69. The highest BCUT2D eigenvalue weighted by molar-refractivity contribution is 6.04. The number of hydrogen-bond acceptors (Lipinski definition) is 7. The van der Waals surface area contributed by atoms with Crippen molar-refractivity contribution in [3.05, 3.63) is 35.1 Å². The first-order chi connectivity index (χ1) is 19.5. The number of rotatable bonds is 2. The lowest BCUT2D eigenvalue weighted by Crippen LogP contribution is -2.64. The summed E-state index contributed by atoms with van der Waals surface area (Å²) in [5.41, 5.74) is -0.841. The molecule has 224 valence electrons. The van der Waals surface area contributed by atoms with Crippen LogP contribution in [-0.2, 0) is 15.0 Å². The van der Waals surface area contributed by atoms with Crippen LogP contribution < -0.4 is 5.32 Å². The third-order valence-corrected chi connectivity index (χ3v) is 13.4. The SMILES string of the molecule is CNC(=O)c1nnc([C@@]2(C)CC[C@]3(C)CC[C@]4(C)C(C(=O)C=C5[C@@]6(C)C=C(C#N)C(=O)C(C)(C)[C@@H]6CC[C@]54C)[C@@H]3C2)o1. The second kappa shape index (κ2) is 8.74. The van der Waals surface area contributed by atoms with E-state index in [0.29, 0.717) is 5.89 Å². The fraction of sp³-hybridized carbons (Fsp3) is 0.706. The molecule has 0 saturated heterocycles. The largest absolute Gasteiger partial charge is 0.416 e. The van der Waals surface area contributed by atoms with Gasteiger partial charge in [0.05, 0.1) is 5.57 Å². The predicted octanol–water partition coefficient (Wildman–Crippen LogP) is 5.90. The maximum Gasteiger partial charge on any atom is 0.308 e. The molecule has 1 N–H and O–H groups in total. The van der Waals surface area contributed by atoms with Crippen LogP contribution in [0.15, 0.2) is 27.7 Å². The van der Waals surface area contributed by atoms with Gasteiger partial charge in [0.1, 0.15) is 6.07 Å². The number of Topliss-reactive ketones (excluding diaryl/α,β-unsaturated/α-hetero) is 1. The van der Waals surface area contributed by atoms with E-state index in [1.807, 2.05) is 26.0 Å². The monoisotopic (exact) mass is 572 g/mol. The van der Waals surface area contributed by atoms with Crippen LogP contribution in [0.2, 0.25) is 0 Å². The van der Waals surface area contributed by atoms with E-state index in [4.69, 9.17) is 4.42 Å². The van der Waals surface area contributed by atoms with Crippen LogP contribution in [0.5, 0.6) is 0 Å². The van der Waals surface area contributed by atoms with Gasteiger partial charge in [-0.3, -0.25) is 14.4 Å². The summed E-state index contributed by atoms with van der Waals surface area (Å²) in [4.78, 5) is 40.0. The first kappa shape index (κ1) is 29.0. The van der Waals surface area contributed by atoms with Crippen LogP contribution >= 0.6 is 0 Å². The Morgan fingerprint density at radius 3 is 2.38 bits per heavy atom. The van der Waals surface area contributed by atoms with Crippen molar-refractivity contribution in [1.29, 1.82) is 5.26 Å². The summed E-state index contributed by atoms with van der Waals surface area (Å²) >= 11 is 0. The zero-order valence-corrected chi connectivity index (χ0v) is 26.3. The molecule has 1 heterocycles. The average Bonchev–Trinajstić information content (AvgIpc) is 3.44. The van der Waals surface area contributed by atoms with Gasteiger partial charge in [-0.25, -0.2) is 0 Å². The number of fused-ring (bicyclic) bond motifs is 7. The first-order valence-corrected chi connectivity index (χ1v) is 15.5. The second-order valence-corrected chi connectivity index (χ2v) is 15.8. The lowest BCUT2D eigenvalue weighted by molar-refractivity contribution is -0.166. The molecule has 0 radical (unpaired) electrons. The summed E-state index contributed by atoms with van der Waals surface area (Å²) in [6, 6.07) is 2.19. The van der Waals surface area contributed by atoms with Gasteiger partial charge in [0.15, 0.2) is 11.6 Å². The molecule has 8 atom stereocenters. The Bertz CT molecular complexity index is 1510. The van der Waals surface area contributed by atoms with Gasteiger partial charge in [0.2, 0.25) is 5.89 Å². The summed E-state index contributed by atoms with van der Waals surface area (Å²) in [6.45, 7) is 15.3. The van der Waals surface area contributed by atoms with Gasteiger partial charge in [-0.2, -0.15) is 5.26 Å². The number of amides is 1. The van der Waals surface area contributed by atoms with Gasteiger partial charge in [-0.15, -0.1) is 10.2 Å². The fourth-order valence-electron chi connectivity index (χ4n) is 10.6. The zero-order chi connectivity index (χ0) is 30.7. The number of allylic oxidation sites excluding steroid dienone is 4. The van der Waals surface area contributed by atoms with Crippen molar-refractivity contribution < 1.29 is 18.8 Å². The van der Waals surface area contributed by atoms with Gasteiger partial charge < -0.3 is 9.73 Å². The van der Waals surface area contributed by atoms with E-state index in [2.05, 4.69) is 56.2 Å². The molecule has 8 heteroatoms. The standard InChI is InChI=1S/C34H44N4O4/c1-29(2)22-9-10-33(6)23(32(22,5)16-19(18-35)25(29)40)15-21(39)24-20-17-31(4,28-38-37-27(42-28)26(41)36-8)12-11-30(20,3)13-14-34(24,33)7/h15-16,20,22,24H,9-14,17H2,1-8H3,(H,36,41)/t20-,22-,24?,30+,31-,32-,33+,34+/m0/s1. The molecule has 1 aromatic heterocycles. The van der Waals surface area contributed by atoms with E-state index in [1.165, 1.54) is 7.05 Å². The minimum absolute atomic E-state index is 0.0128. The number of carbonyl (C=O) groups excluding carboxylic acids is 3. The van der Waals surface area contributed by atoms with Crippen LogP contribution in [0.4, 0.5) is 0 Å². The van der Waals surface area contributed by atoms with Crippen LogP contribution in [0.1, 0.15) is 110 Å². The van der Waals surface area contributed by atoms with E-state index in [-0.39, 0.29) is 57.0 Å². The van der Waals surface area contributed by atoms with Crippen molar-refractivity contribution in [2.24, 2.45) is 44.8 Å². The van der Waals surface area contributed by atoms with Gasteiger partial charge in [-0.1, -0.05) is 60.1 Å². The average molecular weight is 573 g/mol. The summed E-state index contributed by atoms with van der Waals surface area (Å²) in [5.74, 6) is 0.104. The molecular weight excluding hydrogens is 528 g/mol. The first-order valence-electron chi connectivity index (χ1n) is 15.5. The molecule has 1 amide bonds. The van der Waals surface area contributed by atoms with Gasteiger partial charge >= 0.3 is 11.8 Å². The molecule has 0 bridgehead atoms. The molecule has 42 heavy (non-hydrogen) atoms. The molecule has 3 saturated carbocycles. The number of nitrogens with one attached hydrogen (secondary N) is 1. The van der Waals surface area contributed by atoms with E-state index >= 15 is 0 Å². The smallest absolute Gasteiger partial charge is 0.308 e. The quantitative estimate of drug-likeness (QED) is 0.467. The Hall–Kier alpha value is -3.08. The predicted molar refractivity (Wildman–Crippen MR) is 156 cm³/mol. The highest BCUT2D eigenvalue weighted by atomic mass is 16.4. The Kier molecular flexibility index (Phi) is 6.03. The minimum Gasteiger partial charge on any atom is -0.416 e. The number of ketones is 2. The Morgan fingerprint density at radius 1 is 1.02 bits per heavy atom. The van der Waals surface area contributed by atoms with E-state index in [9.17, 15) is 19.6 Å². The van der Waals surface area contributed by atoms with Gasteiger partial charge in [0.25, 0.3) is 0 Å². The number of carbonyl (C=O) groups is 3. The molecule has 0 aromatic carbocycles. The van der Waals surface area contributed by atoms with Crippen molar-refractivity contribution in [2.45, 2.75) is 98.8 Å². The molecule has 0 aliphatic heterocycles. The Labute approximate surface area is 248 Å². The van der Waals surface area contributed by atoms with Crippen molar-refractivity contribution in [3.8, 4) is 6.07 Å². The van der Waals surface area contributed by atoms with Crippen LogP contribution in [0.3, 0.4) is 0 Å². The summed E-state index contributed by atoms with van der Waals surface area (Å²) in [5, 5.41) is 20.8. The Morgan fingerprint density at radius 2 is 1.71 bits per heavy atom. The molecule has 3 fully saturated rings. The van der Waals surface area contributed by atoms with E-state index in [1.54, 1.807) is 0 Å². The molecule has 8 nitrogen and oxygen atoms in total. The number of nitrogens with zero attached hydrogens (tertiary/aromatic N) is 3. The summed E-state index contributed by atoms with van der Waals surface area (Å²) in [6.07, 6.45) is 10.2. The molecule has 5 aliphatic carbocycles. The maximum absolute atomic E-state index is 14.6. The molecular formula is C34H44N4O4. The molecule has 5 aliphatic rings. The van der Waals surface area contributed by atoms with Crippen molar-refractivity contribution >= 4 is 17.5 Å². The number of aromatic nitrogens is 2. The zero-order valence-electron chi connectivity index (χ0n) is 26.3. The third-order valence-electron chi connectivity index (χ3n) is 13.4. The van der Waals surface area contributed by atoms with Gasteiger partial charge in [-0.05, 0) is 79.1 Å². The van der Waals surface area contributed by atoms with Crippen molar-refractivity contribution in [3.63, 3.8) is 0 Å². The molecule has 1 unspecified atom stereocenters. The van der Waals surface area contributed by atoms with Crippen molar-refractivity contribution in [1.82, 2.24) is 15.5 Å². The van der Waals surface area contributed by atoms with Crippen molar-refractivity contribution in [2.75, 3.05) is 7.05 Å². The number of nitriles is 1. The molecule has 0 spiro atoms. The number of hydrogen-bond donors (Lipinski definition) is 1. The van der Waals surface area contributed by atoms with E-state index in [0.717, 1.165) is 50.5 Å². The molecule has 1 aromatic rings. The maximum atomic E-state index is 14.6.